The summed E-state index contributed by atoms with van der Waals surface area (Å²) >= 11 is 0. The van der Waals surface area contributed by atoms with Crippen molar-refractivity contribution in [3.05, 3.63) is 65.5 Å². The molecule has 0 radical (unpaired) electrons. The summed E-state index contributed by atoms with van der Waals surface area (Å²) in [6, 6.07) is 14.2. The number of piperazine rings is 1. The number of sulfonamides is 1. The molecule has 0 amide bonds. The van der Waals surface area contributed by atoms with Gasteiger partial charge in [0.05, 0.1) is 4.90 Å². The SMILES string of the molecule is Cc1cc(F)ccc1S(=O)(=O)N1CCN(CCCc2ccccc2)CC1. The molecule has 0 spiro atoms. The predicted molar refractivity (Wildman–Crippen MR) is 101 cm³/mol. The molecule has 3 rings (SSSR count). The fourth-order valence-electron chi connectivity index (χ4n) is 3.39. The van der Waals surface area contributed by atoms with E-state index in [9.17, 15) is 12.8 Å². The van der Waals surface area contributed by atoms with Gasteiger partial charge < -0.3 is 4.90 Å². The standard InChI is InChI=1S/C20H25FN2O2S/c1-17-16-19(21)9-10-20(17)26(24,25)23-14-12-22(13-15-23)11-5-8-18-6-3-2-4-7-18/h2-4,6-7,9-10,16H,5,8,11-15H2,1H3. The van der Waals surface area contributed by atoms with Crippen LogP contribution in [0.3, 0.4) is 0 Å². The van der Waals surface area contributed by atoms with Crippen LogP contribution in [0.25, 0.3) is 0 Å². The fraction of sp³-hybridized carbons (Fsp3) is 0.400. The molecule has 6 heteroatoms. The zero-order valence-corrected chi connectivity index (χ0v) is 15.9. The van der Waals surface area contributed by atoms with E-state index in [1.165, 1.54) is 28.1 Å². The third-order valence-corrected chi connectivity index (χ3v) is 6.93. The third kappa shape index (κ3) is 4.50. The van der Waals surface area contributed by atoms with Gasteiger partial charge in [0.1, 0.15) is 5.82 Å². The summed E-state index contributed by atoms with van der Waals surface area (Å²) in [6.07, 6.45) is 2.10. The second kappa shape index (κ2) is 8.29. The van der Waals surface area contributed by atoms with Gasteiger partial charge in [0.15, 0.2) is 0 Å². The highest BCUT2D eigenvalue weighted by Crippen LogP contribution is 2.22. The van der Waals surface area contributed by atoms with Gasteiger partial charge in [0.2, 0.25) is 10.0 Å². The minimum absolute atomic E-state index is 0.205. The first kappa shape index (κ1) is 19.0. The van der Waals surface area contributed by atoms with Crippen molar-refractivity contribution >= 4 is 10.0 Å². The van der Waals surface area contributed by atoms with Crippen molar-refractivity contribution in [2.75, 3.05) is 32.7 Å². The Balaban J connectivity index is 1.53. The number of hydrogen-bond donors (Lipinski definition) is 0. The smallest absolute Gasteiger partial charge is 0.243 e. The van der Waals surface area contributed by atoms with E-state index in [0.29, 0.717) is 18.7 Å². The second-order valence-electron chi connectivity index (χ2n) is 6.74. The quantitative estimate of drug-likeness (QED) is 0.778. The highest BCUT2D eigenvalue weighted by Gasteiger charge is 2.29. The van der Waals surface area contributed by atoms with Gasteiger partial charge in [0, 0.05) is 26.2 Å². The molecule has 0 saturated carbocycles. The van der Waals surface area contributed by atoms with Crippen LogP contribution in [0.5, 0.6) is 0 Å². The molecule has 1 saturated heterocycles. The van der Waals surface area contributed by atoms with Crippen molar-refractivity contribution in [2.24, 2.45) is 0 Å². The van der Waals surface area contributed by atoms with Crippen molar-refractivity contribution < 1.29 is 12.8 Å². The molecule has 1 aliphatic heterocycles. The lowest BCUT2D eigenvalue weighted by molar-refractivity contribution is 0.187. The Morgan fingerprint density at radius 2 is 1.69 bits per heavy atom. The lowest BCUT2D eigenvalue weighted by atomic mass is 10.1. The normalized spacial score (nSPS) is 16.7. The number of hydrogen-bond acceptors (Lipinski definition) is 3. The largest absolute Gasteiger partial charge is 0.301 e. The summed E-state index contributed by atoms with van der Waals surface area (Å²) < 4.78 is 40.4. The maximum Gasteiger partial charge on any atom is 0.243 e. The second-order valence-corrected chi connectivity index (χ2v) is 8.65. The van der Waals surface area contributed by atoms with Gasteiger partial charge in [-0.3, -0.25) is 0 Å². The van der Waals surface area contributed by atoms with Gasteiger partial charge in [0.25, 0.3) is 0 Å². The Hall–Kier alpha value is -1.76. The van der Waals surface area contributed by atoms with Crippen LogP contribution in [0.15, 0.2) is 53.4 Å². The van der Waals surface area contributed by atoms with Gasteiger partial charge in [-0.2, -0.15) is 4.31 Å². The van der Waals surface area contributed by atoms with Crippen LogP contribution in [0.4, 0.5) is 4.39 Å². The van der Waals surface area contributed by atoms with Crippen LogP contribution >= 0.6 is 0 Å². The van der Waals surface area contributed by atoms with E-state index in [1.807, 2.05) is 6.07 Å². The summed E-state index contributed by atoms with van der Waals surface area (Å²) in [4.78, 5) is 2.52. The Bertz CT molecular complexity index is 832. The van der Waals surface area contributed by atoms with E-state index in [2.05, 4.69) is 29.2 Å². The van der Waals surface area contributed by atoms with Crippen molar-refractivity contribution in [3.63, 3.8) is 0 Å². The molecule has 26 heavy (non-hydrogen) atoms. The zero-order valence-electron chi connectivity index (χ0n) is 15.1. The predicted octanol–water partition coefficient (Wildman–Crippen LogP) is 3.07. The van der Waals surface area contributed by atoms with Crippen LogP contribution in [0, 0.1) is 12.7 Å². The summed E-state index contributed by atoms with van der Waals surface area (Å²) in [5, 5.41) is 0. The maximum atomic E-state index is 13.3. The highest BCUT2D eigenvalue weighted by molar-refractivity contribution is 7.89. The van der Waals surface area contributed by atoms with E-state index < -0.39 is 15.8 Å². The van der Waals surface area contributed by atoms with Crippen molar-refractivity contribution in [2.45, 2.75) is 24.7 Å². The summed E-state index contributed by atoms with van der Waals surface area (Å²) in [5.41, 5.74) is 1.79. The first-order valence-electron chi connectivity index (χ1n) is 8.99. The van der Waals surface area contributed by atoms with Gasteiger partial charge in [-0.15, -0.1) is 0 Å². The number of aryl methyl sites for hydroxylation is 2. The molecule has 0 bridgehead atoms. The fourth-order valence-corrected chi connectivity index (χ4v) is 5.01. The molecule has 1 heterocycles. The number of halogens is 1. The topological polar surface area (TPSA) is 40.6 Å². The van der Waals surface area contributed by atoms with Crippen LogP contribution in [0.2, 0.25) is 0 Å². The average molecular weight is 376 g/mol. The number of nitrogens with zero attached hydrogens (tertiary/aromatic N) is 2. The molecule has 2 aromatic rings. The minimum atomic E-state index is -3.56. The summed E-state index contributed by atoms with van der Waals surface area (Å²) in [5.74, 6) is -0.412. The molecule has 0 atom stereocenters. The average Bonchev–Trinajstić information content (AvgIpc) is 2.63. The van der Waals surface area contributed by atoms with Crippen LogP contribution in [0.1, 0.15) is 17.5 Å². The van der Waals surface area contributed by atoms with Gasteiger partial charge in [-0.05, 0) is 55.6 Å². The van der Waals surface area contributed by atoms with E-state index in [4.69, 9.17) is 0 Å². The minimum Gasteiger partial charge on any atom is -0.301 e. The lowest BCUT2D eigenvalue weighted by Crippen LogP contribution is -2.48. The molecule has 0 unspecified atom stereocenters. The molecular formula is C20H25FN2O2S. The number of benzene rings is 2. The molecule has 1 fully saturated rings. The van der Waals surface area contributed by atoms with E-state index in [-0.39, 0.29) is 4.90 Å². The van der Waals surface area contributed by atoms with Crippen LogP contribution in [-0.4, -0.2) is 50.3 Å². The third-order valence-electron chi connectivity index (χ3n) is 4.87. The Morgan fingerprint density at radius 1 is 1.00 bits per heavy atom. The monoisotopic (exact) mass is 376 g/mol. The van der Waals surface area contributed by atoms with E-state index >= 15 is 0 Å². The van der Waals surface area contributed by atoms with Crippen LogP contribution < -0.4 is 0 Å². The summed E-state index contributed by atoms with van der Waals surface area (Å²) in [7, 11) is -3.56. The molecule has 0 aromatic heterocycles. The molecule has 2 aromatic carbocycles. The molecule has 1 aliphatic rings. The first-order chi connectivity index (χ1) is 12.5. The molecule has 4 nitrogen and oxygen atoms in total. The first-order valence-corrected chi connectivity index (χ1v) is 10.4. The summed E-state index contributed by atoms with van der Waals surface area (Å²) in [6.45, 7) is 5.02. The molecule has 140 valence electrons. The Kier molecular flexibility index (Phi) is 6.06. The van der Waals surface area contributed by atoms with E-state index in [1.54, 1.807) is 6.92 Å². The zero-order chi connectivity index (χ0) is 18.6. The van der Waals surface area contributed by atoms with Gasteiger partial charge >= 0.3 is 0 Å². The van der Waals surface area contributed by atoms with Gasteiger partial charge in [-0.25, -0.2) is 12.8 Å². The maximum absolute atomic E-state index is 13.3. The molecule has 0 aliphatic carbocycles. The lowest BCUT2D eigenvalue weighted by Gasteiger charge is -2.34. The molecular weight excluding hydrogens is 351 g/mol. The Labute approximate surface area is 155 Å². The van der Waals surface area contributed by atoms with Crippen molar-refractivity contribution in [1.29, 1.82) is 0 Å². The van der Waals surface area contributed by atoms with Crippen LogP contribution in [-0.2, 0) is 16.4 Å². The molecule has 0 N–H and O–H groups in total. The van der Waals surface area contributed by atoms with Crippen molar-refractivity contribution in [1.82, 2.24) is 9.21 Å². The number of rotatable bonds is 6. The highest BCUT2D eigenvalue weighted by atomic mass is 32.2. The van der Waals surface area contributed by atoms with Gasteiger partial charge in [-0.1, -0.05) is 30.3 Å². The van der Waals surface area contributed by atoms with Crippen molar-refractivity contribution in [3.8, 4) is 0 Å². The van der Waals surface area contributed by atoms with E-state index in [0.717, 1.165) is 32.5 Å². The Morgan fingerprint density at radius 3 is 2.35 bits per heavy atom.